The Hall–Kier alpha value is -4.54. The summed E-state index contributed by atoms with van der Waals surface area (Å²) in [6.07, 6.45) is 5.18. The molecule has 10 nitrogen and oxygen atoms in total. The van der Waals surface area contributed by atoms with Crippen molar-refractivity contribution < 1.29 is 37.3 Å². The average Bonchev–Trinajstić information content (AvgIpc) is 4.11. The first-order valence-electron chi connectivity index (χ1n) is 21.6. The van der Waals surface area contributed by atoms with Crippen LogP contribution in [0.2, 0.25) is 0 Å². The monoisotopic (exact) mass is 1130 g/mol. The number of nitrogens with one attached hydrogen (secondary N) is 1. The number of hydrogen-bond donors (Lipinski definition) is 3. The van der Waals surface area contributed by atoms with Crippen molar-refractivity contribution in [3.63, 3.8) is 0 Å². The molecule has 0 saturated carbocycles. The number of alkyl halides is 2. The van der Waals surface area contributed by atoms with Gasteiger partial charge in [-0.3, -0.25) is 5.41 Å². The Balaban J connectivity index is 0.000000278. The predicted octanol–water partition coefficient (Wildman–Crippen LogP) is 15.5. The summed E-state index contributed by atoms with van der Waals surface area (Å²) < 4.78 is 36.8. The van der Waals surface area contributed by atoms with Crippen molar-refractivity contribution in [1.29, 1.82) is 5.41 Å². The molecule has 8 aromatic rings. The Morgan fingerprint density at radius 2 is 1.07 bits per heavy atom. The third kappa shape index (κ3) is 23.8. The van der Waals surface area contributed by atoms with Crippen molar-refractivity contribution in [2.75, 3.05) is 31.8 Å². The molecule has 14 heteroatoms. The number of thioether (sulfide) groups is 1. The molecule has 67 heavy (non-hydrogen) atoms. The molecular weight excluding hydrogens is 1060 g/mol. The molecule has 1 unspecified atom stereocenters. The number of furan rings is 3. The number of amidine groups is 1. The van der Waals surface area contributed by atoms with Gasteiger partial charge in [0.05, 0.1) is 30.2 Å². The minimum Gasteiger partial charge on any atom is -0.508 e. The standard InChI is InChI=1S/C12H18O2.C10H10N2OS.C9H7BrO.C9H8O.C7H8O.C6H13BrO2.BrH/c1-4-13-11(3)9-14-12-7-5-10(2)6-8-12;11-10(12)14-6-7-1-2-9-8(5-7)3-4-13-9;10-6-7-1-2-9-8(5-7)3-4-11-9;1-7-2-3-9-8(6-7)4-5-10-9;1-6-2-4-7(8)5-3-6;1-3-8-6(5-7)9-4-2;/h5-8,11H,4,9H2,1-3H3;1-5H,6H2,(H3,11,12);1-5H,6H2;2-6H,1H3;2-5,8H,1H3;6H,3-5H2,1-2H3;1H. The van der Waals surface area contributed by atoms with E-state index < -0.39 is 0 Å². The summed E-state index contributed by atoms with van der Waals surface area (Å²) in [5.74, 6) is 1.97. The van der Waals surface area contributed by atoms with E-state index in [1.807, 2.05) is 120 Å². The van der Waals surface area contributed by atoms with Gasteiger partial charge in [-0.05, 0) is 138 Å². The largest absolute Gasteiger partial charge is 0.508 e. The first-order valence-corrected chi connectivity index (χ1v) is 24.8. The number of phenolic OH excluding ortho intramolecular Hbond substituents is 1. The molecule has 362 valence electrons. The molecule has 0 aliphatic carbocycles. The Morgan fingerprint density at radius 3 is 1.54 bits per heavy atom. The molecule has 0 saturated heterocycles. The zero-order chi connectivity index (χ0) is 48.1. The molecular formula is C53H65Br3N2O8S. The van der Waals surface area contributed by atoms with Gasteiger partial charge in [-0.2, -0.15) is 0 Å². The second-order valence-corrected chi connectivity index (χ2v) is 16.8. The average molecular weight is 1130 g/mol. The van der Waals surface area contributed by atoms with Gasteiger partial charge in [0.25, 0.3) is 0 Å². The Morgan fingerprint density at radius 1 is 0.627 bits per heavy atom. The Bertz CT molecular complexity index is 2500. The van der Waals surface area contributed by atoms with Crippen LogP contribution in [0.1, 0.15) is 55.5 Å². The lowest BCUT2D eigenvalue weighted by molar-refractivity contribution is -0.119. The maximum atomic E-state index is 8.76. The summed E-state index contributed by atoms with van der Waals surface area (Å²) in [6.45, 7) is 16.8. The van der Waals surface area contributed by atoms with E-state index in [1.165, 1.54) is 44.8 Å². The maximum absolute atomic E-state index is 8.76. The Labute approximate surface area is 427 Å². The van der Waals surface area contributed by atoms with E-state index in [1.54, 1.807) is 30.9 Å². The van der Waals surface area contributed by atoms with Gasteiger partial charge in [0.2, 0.25) is 0 Å². The summed E-state index contributed by atoms with van der Waals surface area (Å²) in [7, 11) is 0. The highest BCUT2D eigenvalue weighted by Gasteiger charge is 2.04. The van der Waals surface area contributed by atoms with Gasteiger partial charge in [-0.15, -0.1) is 17.0 Å². The number of halogens is 3. The fourth-order valence-corrected chi connectivity index (χ4v) is 6.91. The number of aromatic hydroxyl groups is 1. The Kier molecular flexibility index (Phi) is 29.6. The third-order valence-corrected chi connectivity index (χ3v) is 11.0. The highest BCUT2D eigenvalue weighted by molar-refractivity contribution is 9.09. The fourth-order valence-electron chi connectivity index (χ4n) is 5.69. The van der Waals surface area contributed by atoms with Crippen molar-refractivity contribution in [3.8, 4) is 11.5 Å². The van der Waals surface area contributed by atoms with Crippen LogP contribution in [0.5, 0.6) is 11.5 Å². The topological polar surface area (TPSA) is 146 Å². The molecule has 0 aliphatic heterocycles. The van der Waals surface area contributed by atoms with Crippen molar-refractivity contribution in [3.05, 3.63) is 168 Å². The molecule has 3 aromatic heterocycles. The SMILES string of the molecule is Br.BrCc1ccc2occc2c1.CCOC(C)COc1ccc(C)cc1.CCOC(CBr)OCC.Cc1ccc(O)cc1.Cc1ccc2occc2c1.N=C(N)SCc1ccc2occc2c1. The summed E-state index contributed by atoms with van der Waals surface area (Å²) in [6, 6.07) is 39.3. The molecule has 4 N–H and O–H groups in total. The summed E-state index contributed by atoms with van der Waals surface area (Å²) >= 11 is 7.99. The van der Waals surface area contributed by atoms with Crippen LogP contribution >= 0.6 is 60.6 Å². The van der Waals surface area contributed by atoms with E-state index in [2.05, 4.69) is 70.0 Å². The second kappa shape index (κ2) is 33.9. The van der Waals surface area contributed by atoms with Gasteiger partial charge in [0.1, 0.15) is 34.9 Å². The van der Waals surface area contributed by atoms with Gasteiger partial charge >= 0.3 is 0 Å². The number of fused-ring (bicyclic) bond motifs is 3. The van der Waals surface area contributed by atoms with Crippen molar-refractivity contribution >= 4 is 98.7 Å². The molecule has 8 rings (SSSR count). The van der Waals surface area contributed by atoms with Gasteiger partial charge in [-0.25, -0.2) is 0 Å². The number of rotatable bonds is 13. The van der Waals surface area contributed by atoms with Gasteiger partial charge in [0, 0.05) is 47.1 Å². The molecule has 3 heterocycles. The van der Waals surface area contributed by atoms with Gasteiger partial charge < -0.3 is 43.0 Å². The van der Waals surface area contributed by atoms with Gasteiger partial charge in [-0.1, -0.05) is 103 Å². The minimum absolute atomic E-state index is 0. The fraction of sp³-hybridized carbons (Fsp3) is 0.302. The molecule has 0 bridgehead atoms. The number of aryl methyl sites for hydroxylation is 3. The molecule has 0 amide bonds. The van der Waals surface area contributed by atoms with Crippen LogP contribution in [0.4, 0.5) is 0 Å². The lowest BCUT2D eigenvalue weighted by Crippen LogP contribution is -2.18. The second-order valence-electron chi connectivity index (χ2n) is 14.6. The molecule has 0 aliphatic rings. The van der Waals surface area contributed by atoms with E-state index in [4.69, 9.17) is 48.4 Å². The van der Waals surface area contributed by atoms with Crippen LogP contribution in [0.3, 0.4) is 0 Å². The molecule has 5 aromatic carbocycles. The molecule has 0 radical (unpaired) electrons. The van der Waals surface area contributed by atoms with Crippen LogP contribution < -0.4 is 10.5 Å². The third-order valence-electron chi connectivity index (χ3n) is 9.01. The van der Waals surface area contributed by atoms with E-state index in [0.29, 0.717) is 25.6 Å². The van der Waals surface area contributed by atoms with Crippen LogP contribution in [0.25, 0.3) is 32.9 Å². The molecule has 0 spiro atoms. The highest BCUT2D eigenvalue weighted by Crippen LogP contribution is 2.21. The first kappa shape index (κ1) is 58.6. The number of hydrogen-bond acceptors (Lipinski definition) is 10. The number of nitrogens with two attached hydrogens (primary N) is 1. The van der Waals surface area contributed by atoms with Crippen LogP contribution in [0, 0.1) is 26.2 Å². The van der Waals surface area contributed by atoms with E-state index >= 15 is 0 Å². The number of benzene rings is 5. The number of ether oxygens (including phenoxy) is 4. The maximum Gasteiger partial charge on any atom is 0.167 e. The number of phenols is 1. The van der Waals surface area contributed by atoms with Crippen molar-refractivity contribution in [2.24, 2.45) is 5.73 Å². The molecule has 0 fully saturated rings. The minimum atomic E-state index is -0.0694. The lowest BCUT2D eigenvalue weighted by atomic mass is 10.2. The van der Waals surface area contributed by atoms with Crippen LogP contribution in [0.15, 0.2) is 153 Å². The van der Waals surface area contributed by atoms with E-state index in [-0.39, 0.29) is 34.5 Å². The zero-order valence-electron chi connectivity index (χ0n) is 39.3. The lowest BCUT2D eigenvalue weighted by Gasteiger charge is -2.12. The van der Waals surface area contributed by atoms with Crippen molar-refractivity contribution in [2.45, 2.75) is 71.9 Å². The molecule has 1 atom stereocenters. The predicted molar refractivity (Wildman–Crippen MR) is 291 cm³/mol. The van der Waals surface area contributed by atoms with Crippen LogP contribution in [-0.4, -0.2) is 54.4 Å². The zero-order valence-corrected chi connectivity index (χ0v) is 45.0. The smallest absolute Gasteiger partial charge is 0.167 e. The quantitative estimate of drug-likeness (QED) is 0.0441. The summed E-state index contributed by atoms with van der Waals surface area (Å²) in [5.41, 5.74) is 14.2. The van der Waals surface area contributed by atoms with Crippen molar-refractivity contribution in [1.82, 2.24) is 0 Å². The normalized spacial score (nSPS) is 10.7. The summed E-state index contributed by atoms with van der Waals surface area (Å²) in [5, 5.41) is 21.1. The van der Waals surface area contributed by atoms with Crippen LogP contribution in [-0.2, 0) is 25.3 Å². The van der Waals surface area contributed by atoms with E-state index in [0.717, 1.165) is 56.5 Å². The highest BCUT2D eigenvalue weighted by atomic mass is 79.9. The van der Waals surface area contributed by atoms with Gasteiger partial charge in [0.15, 0.2) is 11.5 Å². The summed E-state index contributed by atoms with van der Waals surface area (Å²) in [4.78, 5) is 0. The van der Waals surface area contributed by atoms with E-state index in [9.17, 15) is 0 Å². The first-order chi connectivity index (χ1) is 31.9.